The lowest BCUT2D eigenvalue weighted by Crippen LogP contribution is -2.54. The molecule has 8 nitrogen and oxygen atoms in total. The van der Waals surface area contributed by atoms with Gasteiger partial charge in [0, 0.05) is 56.2 Å². The zero-order chi connectivity index (χ0) is 22.7. The SMILES string of the molecule is COc1ccc(N2CCN(C(=O)Oc3cccc(N4CCS(=O)(=O)CC4)c3)[C@H](C)C2)cc1. The van der Waals surface area contributed by atoms with E-state index in [4.69, 9.17) is 9.47 Å². The van der Waals surface area contributed by atoms with Crippen molar-refractivity contribution in [3.8, 4) is 11.5 Å². The number of amides is 1. The number of methoxy groups -OCH3 is 1. The van der Waals surface area contributed by atoms with Gasteiger partial charge in [-0.15, -0.1) is 0 Å². The quantitative estimate of drug-likeness (QED) is 0.695. The lowest BCUT2D eigenvalue weighted by atomic mass is 10.1. The molecule has 0 aliphatic carbocycles. The molecule has 2 fully saturated rings. The molecule has 2 aromatic carbocycles. The standard InChI is InChI=1S/C23H29N3O5S/c1-18-17-25(19-6-8-21(30-2)9-7-19)10-11-26(18)23(27)31-22-5-3-4-20(16-22)24-12-14-32(28,29)15-13-24/h3-9,16,18H,10-15,17H2,1-2H3/t18-/m1/s1. The fourth-order valence-electron chi connectivity index (χ4n) is 4.13. The van der Waals surface area contributed by atoms with Gasteiger partial charge in [0.25, 0.3) is 0 Å². The Bertz CT molecular complexity index is 1040. The van der Waals surface area contributed by atoms with Gasteiger partial charge >= 0.3 is 6.09 Å². The van der Waals surface area contributed by atoms with Crippen molar-refractivity contribution in [1.29, 1.82) is 0 Å². The molecule has 0 radical (unpaired) electrons. The molecule has 9 heteroatoms. The maximum Gasteiger partial charge on any atom is 0.415 e. The van der Waals surface area contributed by atoms with E-state index in [0.717, 1.165) is 17.1 Å². The molecule has 0 spiro atoms. The summed E-state index contributed by atoms with van der Waals surface area (Å²) in [5.41, 5.74) is 1.96. The van der Waals surface area contributed by atoms with Crippen LogP contribution in [0.5, 0.6) is 11.5 Å². The fourth-order valence-corrected chi connectivity index (χ4v) is 5.33. The Balaban J connectivity index is 1.36. The molecule has 1 atom stereocenters. The maximum absolute atomic E-state index is 12.9. The van der Waals surface area contributed by atoms with Gasteiger partial charge in [-0.1, -0.05) is 6.07 Å². The molecule has 1 amide bonds. The summed E-state index contributed by atoms with van der Waals surface area (Å²) in [5.74, 6) is 1.57. The summed E-state index contributed by atoms with van der Waals surface area (Å²) in [6, 6.07) is 15.2. The van der Waals surface area contributed by atoms with E-state index in [9.17, 15) is 13.2 Å². The van der Waals surface area contributed by atoms with Crippen LogP contribution in [-0.2, 0) is 9.84 Å². The van der Waals surface area contributed by atoms with Gasteiger partial charge in [0.05, 0.1) is 18.6 Å². The first kappa shape index (κ1) is 22.3. The molecule has 4 rings (SSSR count). The Morgan fingerprint density at radius 2 is 1.62 bits per heavy atom. The monoisotopic (exact) mass is 459 g/mol. The van der Waals surface area contributed by atoms with Crippen molar-refractivity contribution in [1.82, 2.24) is 4.90 Å². The summed E-state index contributed by atoms with van der Waals surface area (Å²) >= 11 is 0. The molecule has 32 heavy (non-hydrogen) atoms. The lowest BCUT2D eigenvalue weighted by molar-refractivity contribution is 0.129. The first-order chi connectivity index (χ1) is 15.3. The van der Waals surface area contributed by atoms with Crippen molar-refractivity contribution in [3.63, 3.8) is 0 Å². The van der Waals surface area contributed by atoms with Crippen LogP contribution in [0.3, 0.4) is 0 Å². The number of nitrogens with zero attached hydrogens (tertiary/aromatic N) is 3. The van der Waals surface area contributed by atoms with Crippen LogP contribution in [0.15, 0.2) is 48.5 Å². The normalized spacial score (nSPS) is 20.7. The third-order valence-electron chi connectivity index (χ3n) is 6.03. The Kier molecular flexibility index (Phi) is 6.45. The van der Waals surface area contributed by atoms with Crippen LogP contribution in [0, 0.1) is 0 Å². The van der Waals surface area contributed by atoms with Crippen molar-refractivity contribution in [2.75, 3.05) is 61.1 Å². The van der Waals surface area contributed by atoms with Crippen LogP contribution in [0.25, 0.3) is 0 Å². The molecule has 2 heterocycles. The highest BCUT2D eigenvalue weighted by Gasteiger charge is 2.29. The molecule has 0 bridgehead atoms. The van der Waals surface area contributed by atoms with Gasteiger partial charge in [0.2, 0.25) is 0 Å². The summed E-state index contributed by atoms with van der Waals surface area (Å²) in [6.07, 6.45) is -0.370. The number of hydrogen-bond donors (Lipinski definition) is 0. The zero-order valence-electron chi connectivity index (χ0n) is 18.4. The highest BCUT2D eigenvalue weighted by Crippen LogP contribution is 2.25. The summed E-state index contributed by atoms with van der Waals surface area (Å²) in [4.78, 5) is 18.9. The summed E-state index contributed by atoms with van der Waals surface area (Å²) in [7, 11) is -1.30. The summed E-state index contributed by atoms with van der Waals surface area (Å²) in [6.45, 7) is 4.91. The molecule has 0 aromatic heterocycles. The number of benzene rings is 2. The number of rotatable bonds is 4. The van der Waals surface area contributed by atoms with Crippen molar-refractivity contribution in [3.05, 3.63) is 48.5 Å². The molecule has 0 unspecified atom stereocenters. The Hall–Kier alpha value is -2.94. The van der Waals surface area contributed by atoms with E-state index in [0.29, 0.717) is 38.5 Å². The Morgan fingerprint density at radius 3 is 2.28 bits per heavy atom. The first-order valence-corrected chi connectivity index (χ1v) is 12.6. The van der Waals surface area contributed by atoms with E-state index < -0.39 is 9.84 Å². The van der Waals surface area contributed by atoms with E-state index in [1.54, 1.807) is 24.1 Å². The minimum atomic E-state index is -2.95. The second-order valence-electron chi connectivity index (χ2n) is 8.19. The van der Waals surface area contributed by atoms with Crippen LogP contribution >= 0.6 is 0 Å². The smallest absolute Gasteiger partial charge is 0.415 e. The van der Waals surface area contributed by atoms with Crippen LogP contribution in [0.2, 0.25) is 0 Å². The molecule has 2 saturated heterocycles. The number of carbonyl (C=O) groups excluding carboxylic acids is 1. The van der Waals surface area contributed by atoms with Crippen LogP contribution < -0.4 is 19.3 Å². The Labute approximate surface area is 189 Å². The number of hydrogen-bond acceptors (Lipinski definition) is 7. The number of anilines is 2. The van der Waals surface area contributed by atoms with Gasteiger partial charge in [0.1, 0.15) is 11.5 Å². The second kappa shape index (κ2) is 9.28. The van der Waals surface area contributed by atoms with E-state index in [2.05, 4.69) is 4.90 Å². The zero-order valence-corrected chi connectivity index (χ0v) is 19.3. The van der Waals surface area contributed by atoms with Gasteiger partial charge in [0.15, 0.2) is 9.84 Å². The Morgan fingerprint density at radius 1 is 0.906 bits per heavy atom. The van der Waals surface area contributed by atoms with Gasteiger partial charge in [-0.2, -0.15) is 0 Å². The van der Waals surface area contributed by atoms with Crippen molar-refractivity contribution in [2.24, 2.45) is 0 Å². The van der Waals surface area contributed by atoms with E-state index in [1.165, 1.54) is 0 Å². The highest BCUT2D eigenvalue weighted by atomic mass is 32.2. The summed E-state index contributed by atoms with van der Waals surface area (Å²) < 4.78 is 34.3. The van der Waals surface area contributed by atoms with Crippen LogP contribution in [-0.4, -0.2) is 76.8 Å². The number of piperazine rings is 1. The first-order valence-electron chi connectivity index (χ1n) is 10.8. The van der Waals surface area contributed by atoms with E-state index in [1.807, 2.05) is 48.2 Å². The fraction of sp³-hybridized carbons (Fsp3) is 0.435. The van der Waals surface area contributed by atoms with Gasteiger partial charge in [-0.3, -0.25) is 0 Å². The number of sulfone groups is 1. The molecular formula is C23H29N3O5S. The summed E-state index contributed by atoms with van der Waals surface area (Å²) in [5, 5.41) is 0. The highest BCUT2D eigenvalue weighted by molar-refractivity contribution is 7.91. The molecule has 172 valence electrons. The second-order valence-corrected chi connectivity index (χ2v) is 10.5. The van der Waals surface area contributed by atoms with Crippen LogP contribution in [0.4, 0.5) is 16.2 Å². The van der Waals surface area contributed by atoms with Crippen molar-refractivity contribution >= 4 is 27.3 Å². The predicted octanol–water partition coefficient (Wildman–Crippen LogP) is 2.64. The number of carbonyl (C=O) groups is 1. The lowest BCUT2D eigenvalue weighted by Gasteiger charge is -2.40. The van der Waals surface area contributed by atoms with Crippen molar-refractivity contribution < 1.29 is 22.7 Å². The average molecular weight is 460 g/mol. The number of ether oxygens (including phenoxy) is 2. The molecule has 2 aliphatic rings. The predicted molar refractivity (Wildman–Crippen MR) is 125 cm³/mol. The maximum atomic E-state index is 12.9. The molecule has 2 aliphatic heterocycles. The molecule has 2 aromatic rings. The minimum absolute atomic E-state index is 0.00571. The van der Waals surface area contributed by atoms with Gasteiger partial charge < -0.3 is 24.2 Å². The van der Waals surface area contributed by atoms with Gasteiger partial charge in [-0.05, 0) is 43.3 Å². The van der Waals surface area contributed by atoms with Crippen molar-refractivity contribution in [2.45, 2.75) is 13.0 Å². The largest absolute Gasteiger partial charge is 0.497 e. The molecule has 0 saturated carbocycles. The van der Waals surface area contributed by atoms with E-state index in [-0.39, 0.29) is 23.6 Å². The topological polar surface area (TPSA) is 79.4 Å². The van der Waals surface area contributed by atoms with Gasteiger partial charge in [-0.25, -0.2) is 13.2 Å². The minimum Gasteiger partial charge on any atom is -0.497 e. The third kappa shape index (κ3) is 5.09. The molecule has 0 N–H and O–H groups in total. The molecular weight excluding hydrogens is 430 g/mol. The van der Waals surface area contributed by atoms with Crippen LogP contribution in [0.1, 0.15) is 6.92 Å². The average Bonchev–Trinajstić information content (AvgIpc) is 2.79. The third-order valence-corrected chi connectivity index (χ3v) is 7.64. The van der Waals surface area contributed by atoms with E-state index >= 15 is 0 Å².